The average Bonchev–Trinajstić information content (AvgIpc) is 2.74. The molecule has 1 heterocycles. The van der Waals surface area contributed by atoms with Gasteiger partial charge in [-0.15, -0.1) is 0 Å². The fourth-order valence-corrected chi connectivity index (χ4v) is 2.67. The first kappa shape index (κ1) is 13.3. The van der Waals surface area contributed by atoms with Gasteiger partial charge in [0.25, 0.3) is 0 Å². The van der Waals surface area contributed by atoms with Crippen LogP contribution in [0.4, 0.5) is 5.95 Å². The zero-order valence-corrected chi connectivity index (χ0v) is 12.9. The number of hydrogen-bond donors (Lipinski definition) is 1. The molecular weight excluding hydrogens is 342 g/mol. The minimum atomic E-state index is 0.388. The Hall–Kier alpha value is -1.72. The number of nitrogens with zero attached hydrogens (tertiary/aromatic N) is 2. The molecule has 2 aromatic carbocycles. The van der Waals surface area contributed by atoms with Gasteiger partial charge >= 0.3 is 0 Å². The van der Waals surface area contributed by atoms with E-state index in [4.69, 9.17) is 22.1 Å². The van der Waals surface area contributed by atoms with Gasteiger partial charge in [-0.1, -0.05) is 27.5 Å². The van der Waals surface area contributed by atoms with Crippen molar-refractivity contribution in [3.8, 4) is 11.4 Å². The number of fused-ring (bicyclic) bond motifs is 1. The molecule has 0 atom stereocenters. The SMILES string of the molecule is COc1ccc(Cl)cc1-n1c(N)nc2ccc(Br)cc21. The highest BCUT2D eigenvalue weighted by Gasteiger charge is 2.14. The predicted octanol–water partition coefficient (Wildman–Crippen LogP) is 4.03. The first-order valence-electron chi connectivity index (χ1n) is 5.87. The zero-order chi connectivity index (χ0) is 14.3. The second kappa shape index (κ2) is 5.00. The van der Waals surface area contributed by atoms with Crippen molar-refractivity contribution in [2.45, 2.75) is 0 Å². The molecule has 0 radical (unpaired) electrons. The van der Waals surface area contributed by atoms with Crippen molar-refractivity contribution in [2.24, 2.45) is 0 Å². The van der Waals surface area contributed by atoms with E-state index in [9.17, 15) is 0 Å². The zero-order valence-electron chi connectivity index (χ0n) is 10.6. The van der Waals surface area contributed by atoms with Crippen LogP contribution in [0, 0.1) is 0 Å². The summed E-state index contributed by atoms with van der Waals surface area (Å²) in [6, 6.07) is 11.2. The van der Waals surface area contributed by atoms with Crippen LogP contribution in [0.1, 0.15) is 0 Å². The van der Waals surface area contributed by atoms with Gasteiger partial charge in [-0.3, -0.25) is 4.57 Å². The maximum Gasteiger partial charge on any atom is 0.206 e. The molecule has 20 heavy (non-hydrogen) atoms. The molecule has 0 aliphatic rings. The van der Waals surface area contributed by atoms with Crippen molar-refractivity contribution >= 4 is 44.5 Å². The number of hydrogen-bond acceptors (Lipinski definition) is 3. The van der Waals surface area contributed by atoms with Crippen molar-refractivity contribution in [3.63, 3.8) is 0 Å². The molecule has 0 aliphatic carbocycles. The number of ether oxygens (including phenoxy) is 1. The number of rotatable bonds is 2. The lowest BCUT2D eigenvalue weighted by molar-refractivity contribution is 0.413. The van der Waals surface area contributed by atoms with Crippen molar-refractivity contribution in [2.75, 3.05) is 12.8 Å². The third-order valence-electron chi connectivity index (χ3n) is 3.02. The van der Waals surface area contributed by atoms with E-state index < -0.39 is 0 Å². The third kappa shape index (κ3) is 2.13. The second-order valence-corrected chi connectivity index (χ2v) is 5.61. The summed E-state index contributed by atoms with van der Waals surface area (Å²) in [5.74, 6) is 1.07. The predicted molar refractivity (Wildman–Crippen MR) is 84.7 cm³/mol. The summed E-state index contributed by atoms with van der Waals surface area (Å²) in [6.45, 7) is 0. The molecule has 6 heteroatoms. The fourth-order valence-electron chi connectivity index (χ4n) is 2.16. The molecule has 0 amide bonds. The molecule has 2 N–H and O–H groups in total. The maximum atomic E-state index is 6.09. The lowest BCUT2D eigenvalue weighted by Crippen LogP contribution is -2.02. The molecule has 4 nitrogen and oxygen atoms in total. The summed E-state index contributed by atoms with van der Waals surface area (Å²) in [5.41, 5.74) is 8.51. The van der Waals surface area contributed by atoms with E-state index in [2.05, 4.69) is 20.9 Å². The van der Waals surface area contributed by atoms with Gasteiger partial charge in [0, 0.05) is 9.50 Å². The lowest BCUT2D eigenvalue weighted by atomic mass is 10.2. The highest BCUT2D eigenvalue weighted by Crippen LogP contribution is 2.32. The lowest BCUT2D eigenvalue weighted by Gasteiger charge is -2.12. The Morgan fingerprint density at radius 2 is 2.05 bits per heavy atom. The van der Waals surface area contributed by atoms with Crippen LogP contribution in [0.2, 0.25) is 5.02 Å². The molecule has 0 bridgehead atoms. The molecule has 0 saturated heterocycles. The van der Waals surface area contributed by atoms with Crippen molar-refractivity contribution in [1.29, 1.82) is 0 Å². The minimum absolute atomic E-state index is 0.388. The summed E-state index contributed by atoms with van der Waals surface area (Å²) >= 11 is 9.55. The van der Waals surface area contributed by atoms with E-state index in [1.807, 2.05) is 22.8 Å². The minimum Gasteiger partial charge on any atom is -0.495 e. The Morgan fingerprint density at radius 3 is 2.80 bits per heavy atom. The van der Waals surface area contributed by atoms with Gasteiger partial charge in [0.05, 0.1) is 23.8 Å². The molecule has 3 aromatic rings. The summed E-state index contributed by atoms with van der Waals surface area (Å²) < 4.78 is 8.16. The number of imidazole rings is 1. The van der Waals surface area contributed by atoms with Gasteiger partial charge < -0.3 is 10.5 Å². The Kier molecular flexibility index (Phi) is 3.31. The molecule has 0 saturated carbocycles. The molecular formula is C14H11BrClN3O. The van der Waals surface area contributed by atoms with Gasteiger partial charge in [-0.05, 0) is 36.4 Å². The molecule has 0 spiro atoms. The quantitative estimate of drug-likeness (QED) is 0.757. The number of halogens is 2. The number of aromatic nitrogens is 2. The monoisotopic (exact) mass is 351 g/mol. The normalized spacial score (nSPS) is 10.9. The van der Waals surface area contributed by atoms with Crippen molar-refractivity contribution in [3.05, 3.63) is 45.9 Å². The fraction of sp³-hybridized carbons (Fsp3) is 0.0714. The molecule has 0 aliphatic heterocycles. The molecule has 0 fully saturated rings. The van der Waals surface area contributed by atoms with E-state index in [-0.39, 0.29) is 0 Å². The first-order chi connectivity index (χ1) is 9.60. The van der Waals surface area contributed by atoms with Crippen LogP contribution in [0.3, 0.4) is 0 Å². The maximum absolute atomic E-state index is 6.09. The van der Waals surface area contributed by atoms with Crippen LogP contribution >= 0.6 is 27.5 Å². The Balaban J connectivity index is 2.37. The molecule has 102 valence electrons. The van der Waals surface area contributed by atoms with E-state index in [0.717, 1.165) is 21.2 Å². The Bertz CT molecular complexity index is 800. The van der Waals surface area contributed by atoms with Gasteiger partial charge in [0.15, 0.2) is 0 Å². The van der Waals surface area contributed by atoms with E-state index >= 15 is 0 Å². The van der Waals surface area contributed by atoms with Crippen LogP contribution in [0.5, 0.6) is 5.75 Å². The number of anilines is 1. The number of methoxy groups -OCH3 is 1. The number of benzene rings is 2. The summed E-state index contributed by atoms with van der Waals surface area (Å²) in [4.78, 5) is 4.36. The van der Waals surface area contributed by atoms with Crippen molar-refractivity contribution in [1.82, 2.24) is 9.55 Å². The molecule has 3 rings (SSSR count). The summed E-state index contributed by atoms with van der Waals surface area (Å²) in [6.07, 6.45) is 0. The number of nitrogen functional groups attached to an aromatic ring is 1. The highest BCUT2D eigenvalue weighted by molar-refractivity contribution is 9.10. The highest BCUT2D eigenvalue weighted by atomic mass is 79.9. The standard InChI is InChI=1S/C14H11BrClN3O/c1-20-13-5-3-9(16)7-12(13)19-11-6-8(15)2-4-10(11)18-14(19)17/h2-7H,1H3,(H2,17,18). The first-order valence-corrected chi connectivity index (χ1v) is 7.04. The van der Waals surface area contributed by atoms with Crippen LogP contribution in [-0.4, -0.2) is 16.7 Å². The number of nitrogens with two attached hydrogens (primary N) is 1. The van der Waals surface area contributed by atoms with Gasteiger partial charge in [0.1, 0.15) is 5.75 Å². The van der Waals surface area contributed by atoms with Crippen LogP contribution < -0.4 is 10.5 Å². The van der Waals surface area contributed by atoms with Gasteiger partial charge in [-0.25, -0.2) is 4.98 Å². The van der Waals surface area contributed by atoms with Crippen molar-refractivity contribution < 1.29 is 4.74 Å². The van der Waals surface area contributed by atoms with E-state index in [0.29, 0.717) is 16.7 Å². The van der Waals surface area contributed by atoms with Gasteiger partial charge in [0.2, 0.25) is 5.95 Å². The second-order valence-electron chi connectivity index (χ2n) is 4.25. The van der Waals surface area contributed by atoms with Gasteiger partial charge in [-0.2, -0.15) is 0 Å². The van der Waals surface area contributed by atoms with Crippen LogP contribution in [-0.2, 0) is 0 Å². The van der Waals surface area contributed by atoms with E-state index in [1.54, 1.807) is 25.3 Å². The van der Waals surface area contributed by atoms with Crippen LogP contribution in [0.25, 0.3) is 16.7 Å². The molecule has 0 unspecified atom stereocenters. The Labute approximate surface area is 129 Å². The van der Waals surface area contributed by atoms with E-state index in [1.165, 1.54) is 0 Å². The Morgan fingerprint density at radius 1 is 1.25 bits per heavy atom. The largest absolute Gasteiger partial charge is 0.495 e. The molecule has 1 aromatic heterocycles. The average molecular weight is 353 g/mol. The smallest absolute Gasteiger partial charge is 0.206 e. The summed E-state index contributed by atoms with van der Waals surface area (Å²) in [7, 11) is 1.61. The van der Waals surface area contributed by atoms with Crippen LogP contribution in [0.15, 0.2) is 40.9 Å². The topological polar surface area (TPSA) is 53.1 Å². The third-order valence-corrected chi connectivity index (χ3v) is 3.75. The summed E-state index contributed by atoms with van der Waals surface area (Å²) in [5, 5.41) is 0.608.